The summed E-state index contributed by atoms with van der Waals surface area (Å²) in [5, 5.41) is 10.6. The van der Waals surface area contributed by atoms with Crippen molar-refractivity contribution in [1.29, 1.82) is 0 Å². The number of hydrogen-bond acceptors (Lipinski definition) is 3. The zero-order valence-electron chi connectivity index (χ0n) is 15.7. The van der Waals surface area contributed by atoms with Crippen LogP contribution in [0.2, 0.25) is 0 Å². The highest BCUT2D eigenvalue weighted by Gasteiger charge is 2.15. The molecule has 2 aromatic carbocycles. The second-order valence-electron chi connectivity index (χ2n) is 6.68. The zero-order chi connectivity index (χ0) is 20.1. The first-order chi connectivity index (χ1) is 14.2. The third kappa shape index (κ3) is 4.47. The number of aliphatic hydroxyl groups excluding tert-OH is 1. The van der Waals surface area contributed by atoms with E-state index in [-0.39, 0.29) is 5.82 Å². The van der Waals surface area contributed by atoms with Crippen molar-refractivity contribution < 1.29 is 9.50 Å². The fourth-order valence-electron chi connectivity index (χ4n) is 3.14. The van der Waals surface area contributed by atoms with Crippen LogP contribution in [0.3, 0.4) is 0 Å². The number of hydrogen-bond donors (Lipinski definition) is 1. The molecule has 2 heterocycles. The van der Waals surface area contributed by atoms with Crippen molar-refractivity contribution in [3.63, 3.8) is 0 Å². The molecule has 0 radical (unpaired) electrons. The van der Waals surface area contributed by atoms with E-state index in [2.05, 4.69) is 9.97 Å². The molecule has 0 saturated heterocycles. The molecule has 0 spiro atoms. The van der Waals surface area contributed by atoms with E-state index in [0.29, 0.717) is 6.54 Å². The molecular weight excluding hydrogens is 365 g/mol. The number of rotatable bonds is 6. The van der Waals surface area contributed by atoms with Crippen LogP contribution in [0.25, 0.3) is 23.4 Å². The Kier molecular flexibility index (Phi) is 5.59. The fraction of sp³-hybridized carbons (Fsp3) is 0.0833. The van der Waals surface area contributed by atoms with Gasteiger partial charge in [0.25, 0.3) is 0 Å². The molecular formula is C24H20FN3O. The minimum atomic E-state index is -0.709. The minimum Gasteiger partial charge on any atom is -0.386 e. The van der Waals surface area contributed by atoms with Gasteiger partial charge in [-0.2, -0.15) is 0 Å². The number of aromatic nitrogens is 3. The first-order valence-electron chi connectivity index (χ1n) is 9.33. The van der Waals surface area contributed by atoms with Gasteiger partial charge in [-0.25, -0.2) is 9.37 Å². The Morgan fingerprint density at radius 1 is 0.966 bits per heavy atom. The predicted octanol–water partition coefficient (Wildman–Crippen LogP) is 4.99. The molecule has 29 heavy (non-hydrogen) atoms. The van der Waals surface area contributed by atoms with Gasteiger partial charge in [-0.05, 0) is 29.8 Å². The molecule has 0 aliphatic rings. The lowest BCUT2D eigenvalue weighted by molar-refractivity contribution is 0.156. The Balaban J connectivity index is 1.69. The summed E-state index contributed by atoms with van der Waals surface area (Å²) in [6.07, 6.45) is 8.21. The Hall–Kier alpha value is -3.57. The van der Waals surface area contributed by atoms with Crippen LogP contribution in [-0.2, 0) is 6.54 Å². The standard InChI is InChI=1S/C24H20FN3O/c25-21-11-8-18(9-12-21)10-13-22-24(19-5-2-1-3-6-19)27-17-28(22)16-23(29)20-7-4-14-26-15-20/h1-15,17,23,29H,16H2/b13-10+/t23-/m0/s1. The molecule has 2 aromatic heterocycles. The molecule has 4 rings (SSSR count). The number of pyridine rings is 1. The number of halogens is 1. The van der Waals surface area contributed by atoms with E-state index in [1.54, 1.807) is 36.9 Å². The van der Waals surface area contributed by atoms with E-state index in [0.717, 1.165) is 28.1 Å². The van der Waals surface area contributed by atoms with Crippen molar-refractivity contribution in [3.8, 4) is 11.3 Å². The first-order valence-corrected chi connectivity index (χ1v) is 9.33. The largest absolute Gasteiger partial charge is 0.386 e. The van der Waals surface area contributed by atoms with E-state index in [4.69, 9.17) is 0 Å². The third-order valence-corrected chi connectivity index (χ3v) is 4.67. The summed E-state index contributed by atoms with van der Waals surface area (Å²) in [6, 6.07) is 19.8. The topological polar surface area (TPSA) is 50.9 Å². The normalized spacial score (nSPS) is 12.3. The maximum atomic E-state index is 13.2. The van der Waals surface area contributed by atoms with E-state index >= 15 is 0 Å². The van der Waals surface area contributed by atoms with Crippen LogP contribution in [0.5, 0.6) is 0 Å². The monoisotopic (exact) mass is 385 g/mol. The molecule has 4 aromatic rings. The Morgan fingerprint density at radius 3 is 2.48 bits per heavy atom. The summed E-state index contributed by atoms with van der Waals surface area (Å²) in [7, 11) is 0. The summed E-state index contributed by atoms with van der Waals surface area (Å²) in [5.41, 5.74) is 4.30. The Labute approximate surface area is 168 Å². The maximum absolute atomic E-state index is 13.2. The summed E-state index contributed by atoms with van der Waals surface area (Å²) in [5.74, 6) is -0.267. The first kappa shape index (κ1) is 18.8. The van der Waals surface area contributed by atoms with Crippen LogP contribution >= 0.6 is 0 Å². The van der Waals surface area contributed by atoms with Crippen molar-refractivity contribution in [2.75, 3.05) is 0 Å². The van der Waals surface area contributed by atoms with Crippen LogP contribution in [0.1, 0.15) is 22.9 Å². The molecule has 0 unspecified atom stereocenters. The summed E-state index contributed by atoms with van der Waals surface area (Å²) >= 11 is 0. The lowest BCUT2D eigenvalue weighted by Gasteiger charge is -2.13. The summed E-state index contributed by atoms with van der Waals surface area (Å²) in [6.45, 7) is 0.342. The quantitative estimate of drug-likeness (QED) is 0.509. The molecule has 0 aliphatic heterocycles. The summed E-state index contributed by atoms with van der Waals surface area (Å²) in [4.78, 5) is 8.66. The SMILES string of the molecule is O[C@@H](Cn1cnc(-c2ccccc2)c1/C=C/c1ccc(F)cc1)c1cccnc1. The van der Waals surface area contributed by atoms with E-state index in [1.807, 2.05) is 53.1 Å². The number of benzene rings is 2. The van der Waals surface area contributed by atoms with Crippen LogP contribution in [0, 0.1) is 5.82 Å². The highest BCUT2D eigenvalue weighted by atomic mass is 19.1. The Bertz CT molecular complexity index is 1090. The van der Waals surface area contributed by atoms with Crippen LogP contribution < -0.4 is 0 Å². The van der Waals surface area contributed by atoms with Gasteiger partial charge in [-0.3, -0.25) is 4.98 Å². The van der Waals surface area contributed by atoms with Gasteiger partial charge in [0, 0.05) is 23.5 Å². The smallest absolute Gasteiger partial charge is 0.123 e. The Morgan fingerprint density at radius 2 is 1.76 bits per heavy atom. The molecule has 0 bridgehead atoms. The fourth-order valence-corrected chi connectivity index (χ4v) is 3.14. The van der Waals surface area contributed by atoms with Gasteiger partial charge in [-0.1, -0.05) is 54.6 Å². The molecule has 1 N–H and O–H groups in total. The van der Waals surface area contributed by atoms with Crippen LogP contribution in [0.15, 0.2) is 85.5 Å². The van der Waals surface area contributed by atoms with Gasteiger partial charge in [0.1, 0.15) is 5.82 Å². The van der Waals surface area contributed by atoms with Crippen molar-refractivity contribution in [2.45, 2.75) is 12.6 Å². The van der Waals surface area contributed by atoms with Crippen LogP contribution in [0.4, 0.5) is 4.39 Å². The molecule has 5 heteroatoms. The third-order valence-electron chi connectivity index (χ3n) is 4.67. The van der Waals surface area contributed by atoms with Crippen molar-refractivity contribution in [2.24, 2.45) is 0 Å². The number of aliphatic hydroxyl groups is 1. The molecule has 0 amide bonds. The minimum absolute atomic E-state index is 0.267. The molecule has 0 aliphatic carbocycles. The number of imidazole rings is 1. The molecule has 4 nitrogen and oxygen atoms in total. The van der Waals surface area contributed by atoms with E-state index in [9.17, 15) is 9.50 Å². The molecule has 0 fully saturated rings. The average molecular weight is 385 g/mol. The second-order valence-corrected chi connectivity index (χ2v) is 6.68. The van der Waals surface area contributed by atoms with Crippen LogP contribution in [-0.4, -0.2) is 19.6 Å². The highest BCUT2D eigenvalue weighted by Crippen LogP contribution is 2.26. The lowest BCUT2D eigenvalue weighted by atomic mass is 10.1. The van der Waals surface area contributed by atoms with E-state index < -0.39 is 6.10 Å². The second kappa shape index (κ2) is 8.63. The molecule has 144 valence electrons. The van der Waals surface area contributed by atoms with Gasteiger partial charge in [-0.15, -0.1) is 0 Å². The van der Waals surface area contributed by atoms with Gasteiger partial charge >= 0.3 is 0 Å². The van der Waals surface area contributed by atoms with Gasteiger partial charge in [0.05, 0.1) is 30.4 Å². The lowest BCUT2D eigenvalue weighted by Crippen LogP contribution is -2.09. The number of nitrogens with zero attached hydrogens (tertiary/aromatic N) is 3. The molecule has 0 saturated carbocycles. The van der Waals surface area contributed by atoms with Crippen molar-refractivity contribution >= 4 is 12.2 Å². The predicted molar refractivity (Wildman–Crippen MR) is 112 cm³/mol. The zero-order valence-corrected chi connectivity index (χ0v) is 15.7. The molecule has 1 atom stereocenters. The van der Waals surface area contributed by atoms with Gasteiger partial charge in [0.15, 0.2) is 0 Å². The summed E-state index contributed by atoms with van der Waals surface area (Å²) < 4.78 is 15.1. The van der Waals surface area contributed by atoms with Crippen molar-refractivity contribution in [1.82, 2.24) is 14.5 Å². The maximum Gasteiger partial charge on any atom is 0.123 e. The van der Waals surface area contributed by atoms with Gasteiger partial charge < -0.3 is 9.67 Å². The van der Waals surface area contributed by atoms with E-state index in [1.165, 1.54) is 12.1 Å². The average Bonchev–Trinajstić information content (AvgIpc) is 3.17. The highest BCUT2D eigenvalue weighted by molar-refractivity contribution is 5.77. The van der Waals surface area contributed by atoms with Crippen molar-refractivity contribution in [3.05, 3.63) is 108 Å². The van der Waals surface area contributed by atoms with Gasteiger partial charge in [0.2, 0.25) is 0 Å².